The summed E-state index contributed by atoms with van der Waals surface area (Å²) in [4.78, 5) is 11.2. The molecule has 23 heavy (non-hydrogen) atoms. The maximum atomic E-state index is 12.3. The summed E-state index contributed by atoms with van der Waals surface area (Å²) in [6.45, 7) is 3.65. The molecular formula is C13H17N5O4S. The normalized spacial score (nSPS) is 13.2. The fraction of sp³-hybridized carbons (Fsp3) is 0.385. The summed E-state index contributed by atoms with van der Waals surface area (Å²) in [5, 5.41) is 19.8. The van der Waals surface area contributed by atoms with Gasteiger partial charge in [-0.25, -0.2) is 13.1 Å². The van der Waals surface area contributed by atoms with Crippen LogP contribution < -0.4 is 4.72 Å². The quantitative estimate of drug-likeness (QED) is 0.749. The van der Waals surface area contributed by atoms with Crippen molar-refractivity contribution in [1.29, 1.82) is 0 Å². The van der Waals surface area contributed by atoms with Crippen LogP contribution in [-0.4, -0.2) is 45.7 Å². The Bertz CT molecular complexity index is 756. The van der Waals surface area contributed by atoms with Crippen LogP contribution in [0.5, 0.6) is 0 Å². The average Bonchev–Trinajstić information content (AvgIpc) is 3.00. The average molecular weight is 339 g/mol. The lowest BCUT2D eigenvalue weighted by Crippen LogP contribution is -2.41. The highest BCUT2D eigenvalue weighted by atomic mass is 32.2. The number of carboxylic acid groups (broad SMARTS) is 1. The van der Waals surface area contributed by atoms with Crippen LogP contribution in [0.15, 0.2) is 35.5 Å². The van der Waals surface area contributed by atoms with E-state index in [1.54, 1.807) is 0 Å². The smallest absolute Gasteiger partial charge is 0.321 e. The van der Waals surface area contributed by atoms with Gasteiger partial charge < -0.3 is 5.11 Å². The van der Waals surface area contributed by atoms with Gasteiger partial charge in [0, 0.05) is 0 Å². The first-order chi connectivity index (χ1) is 10.8. The van der Waals surface area contributed by atoms with E-state index in [4.69, 9.17) is 5.11 Å². The van der Waals surface area contributed by atoms with E-state index in [2.05, 4.69) is 20.2 Å². The second-order valence-electron chi connectivity index (χ2n) is 5.39. The first kappa shape index (κ1) is 17.0. The van der Waals surface area contributed by atoms with E-state index in [1.807, 2.05) is 13.8 Å². The first-order valence-corrected chi connectivity index (χ1v) is 8.36. The van der Waals surface area contributed by atoms with E-state index in [0.29, 0.717) is 5.69 Å². The predicted molar refractivity (Wildman–Crippen MR) is 80.4 cm³/mol. The van der Waals surface area contributed by atoms with E-state index in [9.17, 15) is 13.2 Å². The molecule has 2 rings (SSSR count). The Morgan fingerprint density at radius 2 is 1.96 bits per heavy atom. The van der Waals surface area contributed by atoms with Crippen molar-refractivity contribution in [3.05, 3.63) is 30.6 Å². The number of nitrogens with zero attached hydrogens (tertiary/aromatic N) is 4. The molecule has 0 aliphatic rings. The van der Waals surface area contributed by atoms with Crippen LogP contribution in [-0.2, 0) is 14.8 Å². The van der Waals surface area contributed by atoms with E-state index in [0.717, 1.165) is 0 Å². The maximum absolute atomic E-state index is 12.3. The van der Waals surface area contributed by atoms with E-state index >= 15 is 0 Å². The minimum atomic E-state index is -3.93. The van der Waals surface area contributed by atoms with E-state index in [1.165, 1.54) is 35.3 Å². The van der Waals surface area contributed by atoms with Crippen LogP contribution in [0.3, 0.4) is 0 Å². The monoisotopic (exact) mass is 339 g/mol. The molecule has 2 aromatic rings. The third-order valence-corrected chi connectivity index (χ3v) is 4.55. The van der Waals surface area contributed by atoms with Gasteiger partial charge in [-0.15, -0.1) is 5.10 Å². The van der Waals surface area contributed by atoms with Crippen LogP contribution >= 0.6 is 0 Å². The summed E-state index contributed by atoms with van der Waals surface area (Å²) < 4.78 is 28.2. The summed E-state index contributed by atoms with van der Waals surface area (Å²) >= 11 is 0. The van der Waals surface area contributed by atoms with Crippen molar-refractivity contribution in [3.8, 4) is 5.69 Å². The summed E-state index contributed by atoms with van der Waals surface area (Å²) in [5.74, 6) is -1.16. The predicted octanol–water partition coefficient (Wildman–Crippen LogP) is 0.440. The van der Waals surface area contributed by atoms with Gasteiger partial charge in [-0.1, -0.05) is 13.8 Å². The molecule has 0 fully saturated rings. The van der Waals surface area contributed by atoms with Gasteiger partial charge in [-0.2, -0.15) is 4.72 Å². The molecule has 1 aromatic carbocycles. The molecule has 1 aromatic heterocycles. The molecule has 0 aliphatic heterocycles. The van der Waals surface area contributed by atoms with Gasteiger partial charge >= 0.3 is 5.97 Å². The SMILES string of the molecule is CC(C)C[C@@H](NS(=O)(=O)c1ccc(-n2cnnn2)cc1)C(=O)O. The van der Waals surface area contributed by atoms with Crippen LogP contribution in [0.4, 0.5) is 0 Å². The van der Waals surface area contributed by atoms with Gasteiger partial charge in [0.2, 0.25) is 10.0 Å². The van der Waals surface area contributed by atoms with Gasteiger partial charge in [-0.05, 0) is 47.0 Å². The Hall–Kier alpha value is -2.33. The minimum absolute atomic E-state index is 0.0238. The number of aromatic nitrogens is 4. The molecule has 0 unspecified atom stereocenters. The summed E-state index contributed by atoms with van der Waals surface area (Å²) in [7, 11) is -3.93. The Labute approximate surface area is 133 Å². The number of hydrogen-bond donors (Lipinski definition) is 2. The molecule has 0 spiro atoms. The van der Waals surface area contributed by atoms with Crippen LogP contribution in [0, 0.1) is 5.92 Å². The van der Waals surface area contributed by atoms with Gasteiger partial charge in [0.25, 0.3) is 0 Å². The highest BCUT2D eigenvalue weighted by Crippen LogP contribution is 2.15. The molecule has 0 saturated carbocycles. The van der Waals surface area contributed by atoms with Gasteiger partial charge in [0.1, 0.15) is 12.4 Å². The molecule has 0 aliphatic carbocycles. The van der Waals surface area contributed by atoms with Crippen molar-refractivity contribution >= 4 is 16.0 Å². The number of rotatable bonds is 7. The molecule has 124 valence electrons. The highest BCUT2D eigenvalue weighted by molar-refractivity contribution is 7.89. The largest absolute Gasteiger partial charge is 0.480 e. The molecule has 0 radical (unpaired) electrons. The van der Waals surface area contributed by atoms with Crippen LogP contribution in [0.25, 0.3) is 5.69 Å². The maximum Gasteiger partial charge on any atom is 0.321 e. The number of nitrogens with one attached hydrogen (secondary N) is 1. The lowest BCUT2D eigenvalue weighted by molar-refractivity contribution is -0.139. The van der Waals surface area contributed by atoms with Crippen LogP contribution in [0.2, 0.25) is 0 Å². The number of aliphatic carboxylic acids is 1. The number of tetrazole rings is 1. The molecule has 9 nitrogen and oxygen atoms in total. The van der Waals surface area contributed by atoms with Crippen molar-refractivity contribution in [1.82, 2.24) is 24.9 Å². The number of carbonyl (C=O) groups is 1. The lowest BCUT2D eigenvalue weighted by atomic mass is 10.1. The first-order valence-electron chi connectivity index (χ1n) is 6.88. The molecule has 0 bridgehead atoms. The zero-order valence-electron chi connectivity index (χ0n) is 12.6. The topological polar surface area (TPSA) is 127 Å². The molecule has 0 saturated heterocycles. The van der Waals surface area contributed by atoms with Crippen molar-refractivity contribution in [2.45, 2.75) is 31.2 Å². The Balaban J connectivity index is 2.20. The fourth-order valence-corrected chi connectivity index (χ4v) is 3.19. The zero-order chi connectivity index (χ0) is 17.0. The number of benzene rings is 1. The molecule has 1 heterocycles. The minimum Gasteiger partial charge on any atom is -0.480 e. The highest BCUT2D eigenvalue weighted by Gasteiger charge is 2.26. The fourth-order valence-electron chi connectivity index (χ4n) is 1.98. The van der Waals surface area contributed by atoms with Crippen molar-refractivity contribution in [2.24, 2.45) is 5.92 Å². The Morgan fingerprint density at radius 1 is 1.30 bits per heavy atom. The van der Waals surface area contributed by atoms with E-state index in [-0.39, 0.29) is 17.2 Å². The Morgan fingerprint density at radius 3 is 2.43 bits per heavy atom. The number of sulfonamides is 1. The van der Waals surface area contributed by atoms with Crippen molar-refractivity contribution in [2.75, 3.05) is 0 Å². The standard InChI is InChI=1S/C13H17N5O4S/c1-9(2)7-12(13(19)20)15-23(21,22)11-5-3-10(4-6-11)18-8-14-16-17-18/h3-6,8-9,12,15H,7H2,1-2H3,(H,19,20)/t12-/m1/s1. The summed E-state index contributed by atoms with van der Waals surface area (Å²) in [6.07, 6.45) is 1.59. The van der Waals surface area contributed by atoms with Crippen molar-refractivity contribution < 1.29 is 18.3 Å². The lowest BCUT2D eigenvalue weighted by Gasteiger charge is -2.16. The molecule has 10 heteroatoms. The van der Waals surface area contributed by atoms with E-state index < -0.39 is 22.0 Å². The third-order valence-electron chi connectivity index (χ3n) is 3.06. The Kier molecular flexibility index (Phi) is 5.06. The summed E-state index contributed by atoms with van der Waals surface area (Å²) in [5.41, 5.74) is 0.589. The third kappa shape index (κ3) is 4.33. The van der Waals surface area contributed by atoms with Crippen molar-refractivity contribution in [3.63, 3.8) is 0 Å². The zero-order valence-corrected chi connectivity index (χ0v) is 13.4. The van der Waals surface area contributed by atoms with Gasteiger partial charge in [0.15, 0.2) is 0 Å². The molecular weight excluding hydrogens is 322 g/mol. The van der Waals surface area contributed by atoms with Crippen LogP contribution in [0.1, 0.15) is 20.3 Å². The number of hydrogen-bond acceptors (Lipinski definition) is 6. The molecule has 1 atom stereocenters. The number of carboxylic acids is 1. The second-order valence-corrected chi connectivity index (χ2v) is 7.10. The molecule has 0 amide bonds. The van der Waals surface area contributed by atoms with Gasteiger partial charge in [0.05, 0.1) is 10.6 Å². The second kappa shape index (κ2) is 6.84. The van der Waals surface area contributed by atoms with Gasteiger partial charge in [-0.3, -0.25) is 4.79 Å². The molecule has 2 N–H and O–H groups in total. The summed E-state index contributed by atoms with van der Waals surface area (Å²) in [6, 6.07) is 4.63.